The van der Waals surface area contributed by atoms with Crippen molar-refractivity contribution < 1.29 is 9.59 Å². The molecule has 1 amide bonds. The third-order valence-electron chi connectivity index (χ3n) is 3.54. The second-order valence-electron chi connectivity index (χ2n) is 4.96. The molecule has 0 N–H and O–H groups in total. The zero-order valence-corrected chi connectivity index (χ0v) is 12.8. The van der Waals surface area contributed by atoms with Gasteiger partial charge in [0.15, 0.2) is 0 Å². The van der Waals surface area contributed by atoms with E-state index >= 15 is 0 Å². The number of amides is 1. The molecule has 0 bridgehead atoms. The summed E-state index contributed by atoms with van der Waals surface area (Å²) in [6.07, 6.45) is 2.99. The van der Waals surface area contributed by atoms with Gasteiger partial charge in [-0.3, -0.25) is 4.79 Å². The maximum Gasteiger partial charge on any atom is 0.240 e. The molecule has 21 heavy (non-hydrogen) atoms. The van der Waals surface area contributed by atoms with Crippen LogP contribution in [-0.4, -0.2) is 43.1 Å². The molecule has 1 aliphatic rings. The topological polar surface area (TPSA) is 53.0 Å². The summed E-state index contributed by atoms with van der Waals surface area (Å²) in [5.74, 6) is 0.221. The summed E-state index contributed by atoms with van der Waals surface area (Å²) in [6, 6.07) is 5.24. The largest absolute Gasteiger partial charge is 0.367 e. The minimum Gasteiger partial charge on any atom is -0.367 e. The summed E-state index contributed by atoms with van der Waals surface area (Å²) < 4.78 is 0. The first-order valence-corrected chi connectivity index (χ1v) is 7.43. The first-order valence-electron chi connectivity index (χ1n) is 7.06. The highest BCUT2D eigenvalue weighted by atomic mass is 35.5. The van der Waals surface area contributed by atoms with E-state index < -0.39 is 0 Å². The summed E-state index contributed by atoms with van der Waals surface area (Å²) in [7, 11) is 0. The number of halogens is 1. The predicted molar refractivity (Wildman–Crippen MR) is 82.9 cm³/mol. The monoisotopic (exact) mass is 307 g/mol. The summed E-state index contributed by atoms with van der Waals surface area (Å²) in [5, 5.41) is 0.555. The molecule has 0 radical (unpaired) electrons. The number of carbonyl (C=O) groups excluding carboxylic acids is 2. The molecule has 0 atom stereocenters. The lowest BCUT2D eigenvalue weighted by Crippen LogP contribution is -2.48. The second-order valence-corrected chi connectivity index (χ2v) is 5.36. The first kappa shape index (κ1) is 15.5. The number of isocyanates is 1. The molecule has 0 aliphatic carbocycles. The lowest BCUT2D eigenvalue weighted by molar-refractivity contribution is -0.131. The normalized spacial score (nSPS) is 14.8. The minimum absolute atomic E-state index is 0.221. The lowest BCUT2D eigenvalue weighted by atomic mass is 10.2. The maximum absolute atomic E-state index is 11.9. The van der Waals surface area contributed by atoms with Gasteiger partial charge in [0.25, 0.3) is 0 Å². The van der Waals surface area contributed by atoms with E-state index in [2.05, 4.69) is 9.89 Å². The number of benzene rings is 1. The van der Waals surface area contributed by atoms with Gasteiger partial charge in [0, 0.05) is 32.6 Å². The van der Waals surface area contributed by atoms with Gasteiger partial charge in [0.05, 0.1) is 16.4 Å². The lowest BCUT2D eigenvalue weighted by Gasteiger charge is -2.36. The van der Waals surface area contributed by atoms with Crippen molar-refractivity contribution in [3.8, 4) is 0 Å². The Morgan fingerprint density at radius 3 is 2.62 bits per heavy atom. The molecule has 1 fully saturated rings. The highest BCUT2D eigenvalue weighted by molar-refractivity contribution is 6.33. The van der Waals surface area contributed by atoms with Gasteiger partial charge >= 0.3 is 0 Å². The van der Waals surface area contributed by atoms with Gasteiger partial charge in [0.1, 0.15) is 0 Å². The third-order valence-corrected chi connectivity index (χ3v) is 3.85. The molecule has 0 unspecified atom stereocenters. The molecule has 1 aromatic carbocycles. The minimum atomic E-state index is 0.221. The van der Waals surface area contributed by atoms with Crippen LogP contribution in [0.3, 0.4) is 0 Å². The standard InChI is InChI=1S/C15H18ClN3O2/c1-2-3-15(21)19-8-6-18(7-9-19)14-5-4-12(17-11-20)10-13(14)16/h4-5,10H,2-3,6-9H2,1H3. The fourth-order valence-electron chi connectivity index (χ4n) is 2.44. The SMILES string of the molecule is CCCC(=O)N1CCN(c2ccc(N=C=O)cc2Cl)CC1. The molecule has 2 rings (SSSR count). The second kappa shape index (κ2) is 7.25. The van der Waals surface area contributed by atoms with Crippen molar-refractivity contribution in [1.29, 1.82) is 0 Å². The molecule has 0 spiro atoms. The number of anilines is 1. The highest BCUT2D eigenvalue weighted by Crippen LogP contribution is 2.30. The molecule has 0 aromatic heterocycles. The number of piperazine rings is 1. The zero-order chi connectivity index (χ0) is 15.2. The molecule has 1 saturated heterocycles. The van der Waals surface area contributed by atoms with Crippen molar-refractivity contribution in [1.82, 2.24) is 4.90 Å². The summed E-state index contributed by atoms with van der Waals surface area (Å²) in [4.78, 5) is 29.7. The van der Waals surface area contributed by atoms with E-state index in [4.69, 9.17) is 11.6 Å². The van der Waals surface area contributed by atoms with Gasteiger partial charge in [0.2, 0.25) is 12.0 Å². The zero-order valence-electron chi connectivity index (χ0n) is 12.0. The third kappa shape index (κ3) is 3.84. The fourth-order valence-corrected chi connectivity index (χ4v) is 2.74. The van der Waals surface area contributed by atoms with Crippen molar-refractivity contribution in [2.45, 2.75) is 19.8 Å². The molecule has 112 valence electrons. The van der Waals surface area contributed by atoms with E-state index in [1.165, 1.54) is 6.08 Å². The van der Waals surface area contributed by atoms with Crippen LogP contribution in [0.4, 0.5) is 11.4 Å². The Hall–Kier alpha value is -1.84. The first-order chi connectivity index (χ1) is 10.2. The smallest absolute Gasteiger partial charge is 0.240 e. The number of nitrogens with zero attached hydrogens (tertiary/aromatic N) is 3. The number of rotatable bonds is 4. The molecule has 0 saturated carbocycles. The van der Waals surface area contributed by atoms with E-state index in [-0.39, 0.29) is 5.91 Å². The maximum atomic E-state index is 11.9. The number of hydrogen-bond donors (Lipinski definition) is 0. The van der Waals surface area contributed by atoms with E-state index in [9.17, 15) is 9.59 Å². The Morgan fingerprint density at radius 2 is 2.05 bits per heavy atom. The summed E-state index contributed by atoms with van der Waals surface area (Å²) in [5.41, 5.74) is 1.40. The van der Waals surface area contributed by atoms with Crippen molar-refractivity contribution in [2.24, 2.45) is 4.99 Å². The Bertz CT molecular complexity index is 562. The number of aliphatic imine (C=N–C) groups is 1. The van der Waals surface area contributed by atoms with Crippen molar-refractivity contribution >= 4 is 35.0 Å². The Balaban J connectivity index is 2.02. The number of carbonyl (C=O) groups is 1. The van der Waals surface area contributed by atoms with Gasteiger partial charge in [-0.25, -0.2) is 4.79 Å². The van der Waals surface area contributed by atoms with Crippen LogP contribution in [-0.2, 0) is 9.59 Å². The van der Waals surface area contributed by atoms with E-state index in [1.54, 1.807) is 12.1 Å². The molecule has 6 heteroatoms. The van der Waals surface area contributed by atoms with Crippen LogP contribution in [0.1, 0.15) is 19.8 Å². The molecular weight excluding hydrogens is 290 g/mol. The Kier molecular flexibility index (Phi) is 5.37. The summed E-state index contributed by atoms with van der Waals surface area (Å²) >= 11 is 6.24. The predicted octanol–water partition coefficient (Wildman–Crippen LogP) is 2.76. The van der Waals surface area contributed by atoms with Gasteiger partial charge in [-0.2, -0.15) is 4.99 Å². The van der Waals surface area contributed by atoms with Crippen LogP contribution in [0.25, 0.3) is 0 Å². The fraction of sp³-hybridized carbons (Fsp3) is 0.467. The van der Waals surface area contributed by atoms with Crippen LogP contribution in [0, 0.1) is 0 Å². The quantitative estimate of drug-likeness (QED) is 0.635. The molecule has 1 heterocycles. The van der Waals surface area contributed by atoms with Crippen LogP contribution in [0.5, 0.6) is 0 Å². The Labute approximate surface area is 129 Å². The van der Waals surface area contributed by atoms with Gasteiger partial charge in [-0.15, -0.1) is 0 Å². The van der Waals surface area contributed by atoms with E-state index in [0.29, 0.717) is 30.2 Å². The van der Waals surface area contributed by atoms with Crippen molar-refractivity contribution in [3.63, 3.8) is 0 Å². The van der Waals surface area contributed by atoms with Crippen LogP contribution < -0.4 is 4.90 Å². The van der Waals surface area contributed by atoms with Gasteiger partial charge in [-0.05, 0) is 24.6 Å². The van der Waals surface area contributed by atoms with Crippen LogP contribution in [0.2, 0.25) is 5.02 Å². The molecule has 1 aromatic rings. The van der Waals surface area contributed by atoms with Gasteiger partial charge < -0.3 is 9.80 Å². The average molecular weight is 308 g/mol. The van der Waals surface area contributed by atoms with Gasteiger partial charge in [-0.1, -0.05) is 18.5 Å². The van der Waals surface area contributed by atoms with E-state index in [0.717, 1.165) is 25.2 Å². The van der Waals surface area contributed by atoms with Crippen LogP contribution in [0.15, 0.2) is 23.2 Å². The van der Waals surface area contributed by atoms with Crippen LogP contribution >= 0.6 is 11.6 Å². The molecule has 1 aliphatic heterocycles. The average Bonchev–Trinajstić information content (AvgIpc) is 2.48. The molecular formula is C15H18ClN3O2. The number of hydrogen-bond acceptors (Lipinski definition) is 4. The summed E-state index contributed by atoms with van der Waals surface area (Å²) in [6.45, 7) is 4.95. The molecule has 5 nitrogen and oxygen atoms in total. The highest BCUT2D eigenvalue weighted by Gasteiger charge is 2.21. The van der Waals surface area contributed by atoms with E-state index in [1.807, 2.05) is 17.9 Å². The Morgan fingerprint density at radius 1 is 1.33 bits per heavy atom. The van der Waals surface area contributed by atoms with Crippen molar-refractivity contribution in [2.75, 3.05) is 31.1 Å². The van der Waals surface area contributed by atoms with Crippen molar-refractivity contribution in [3.05, 3.63) is 23.2 Å².